The normalized spacial score (nSPS) is 22.1. The molecule has 4 heteroatoms. The molecule has 1 aromatic carbocycles. The van der Waals surface area contributed by atoms with Crippen LogP contribution in [-0.2, 0) is 0 Å². The number of hydrogen-bond donors (Lipinski definition) is 1. The van der Waals surface area contributed by atoms with Crippen LogP contribution in [0.4, 0.5) is 14.5 Å². The van der Waals surface area contributed by atoms with E-state index in [0.717, 1.165) is 22.6 Å². The van der Waals surface area contributed by atoms with Crippen LogP contribution in [0.5, 0.6) is 5.75 Å². The second kappa shape index (κ2) is 4.75. The zero-order valence-electron chi connectivity index (χ0n) is 10.8. The molecule has 1 aliphatic carbocycles. The summed E-state index contributed by atoms with van der Waals surface area (Å²) in [5, 5.41) is 0. The number of rotatable bonds is 3. The lowest BCUT2D eigenvalue weighted by atomic mass is 10.1. The summed E-state index contributed by atoms with van der Waals surface area (Å²) < 4.78 is 31.8. The maximum atomic E-state index is 13.0. The molecule has 18 heavy (non-hydrogen) atoms. The van der Waals surface area contributed by atoms with Gasteiger partial charge in [-0.1, -0.05) is 0 Å². The minimum atomic E-state index is -2.50. The number of nitrogens with two attached hydrogens (primary N) is 1. The molecule has 2 N–H and O–H groups in total. The molecule has 1 saturated carbocycles. The number of aryl methyl sites for hydroxylation is 2. The molecule has 1 aliphatic rings. The highest BCUT2D eigenvalue weighted by Crippen LogP contribution is 2.39. The Bertz CT molecular complexity index is 446. The first kappa shape index (κ1) is 13.1. The lowest BCUT2D eigenvalue weighted by molar-refractivity contribution is 0.00291. The summed E-state index contributed by atoms with van der Waals surface area (Å²) >= 11 is 0. The van der Waals surface area contributed by atoms with Gasteiger partial charge in [0.15, 0.2) is 0 Å². The van der Waals surface area contributed by atoms with E-state index >= 15 is 0 Å². The van der Waals surface area contributed by atoms with Crippen molar-refractivity contribution in [2.75, 3.05) is 12.3 Å². The van der Waals surface area contributed by atoms with Crippen molar-refractivity contribution < 1.29 is 13.5 Å². The highest BCUT2D eigenvalue weighted by molar-refractivity contribution is 5.53. The van der Waals surface area contributed by atoms with Gasteiger partial charge in [0.05, 0.1) is 6.61 Å². The van der Waals surface area contributed by atoms with Crippen molar-refractivity contribution in [3.63, 3.8) is 0 Å². The summed E-state index contributed by atoms with van der Waals surface area (Å²) in [7, 11) is 0. The predicted molar refractivity (Wildman–Crippen MR) is 68.1 cm³/mol. The Morgan fingerprint density at radius 1 is 1.33 bits per heavy atom. The van der Waals surface area contributed by atoms with Crippen molar-refractivity contribution >= 4 is 5.69 Å². The summed E-state index contributed by atoms with van der Waals surface area (Å²) in [6.07, 6.45) is 0.473. The smallest absolute Gasteiger partial charge is 0.248 e. The molecule has 0 aromatic heterocycles. The van der Waals surface area contributed by atoms with Gasteiger partial charge in [-0.25, -0.2) is 8.78 Å². The molecule has 1 fully saturated rings. The Balaban J connectivity index is 1.97. The van der Waals surface area contributed by atoms with E-state index in [1.807, 2.05) is 26.0 Å². The second-order valence-electron chi connectivity index (χ2n) is 5.25. The SMILES string of the molecule is Cc1cc(OCC2CCC(F)(F)C2)c(C)cc1N. The molecule has 0 spiro atoms. The lowest BCUT2D eigenvalue weighted by Gasteiger charge is -2.15. The van der Waals surface area contributed by atoms with E-state index in [2.05, 4.69) is 0 Å². The van der Waals surface area contributed by atoms with Gasteiger partial charge >= 0.3 is 0 Å². The van der Waals surface area contributed by atoms with Crippen molar-refractivity contribution in [3.8, 4) is 5.75 Å². The third kappa shape index (κ3) is 2.92. The Kier molecular flexibility index (Phi) is 3.46. The van der Waals surface area contributed by atoms with Crippen molar-refractivity contribution in [1.82, 2.24) is 0 Å². The fraction of sp³-hybridized carbons (Fsp3) is 0.571. The summed E-state index contributed by atoms with van der Waals surface area (Å²) in [4.78, 5) is 0. The molecule has 100 valence electrons. The van der Waals surface area contributed by atoms with Crippen LogP contribution in [0.15, 0.2) is 12.1 Å². The van der Waals surface area contributed by atoms with Crippen molar-refractivity contribution in [1.29, 1.82) is 0 Å². The van der Waals surface area contributed by atoms with E-state index in [9.17, 15) is 8.78 Å². The fourth-order valence-corrected chi connectivity index (χ4v) is 2.36. The third-order valence-electron chi connectivity index (χ3n) is 3.54. The van der Waals surface area contributed by atoms with Gasteiger partial charge in [-0.2, -0.15) is 0 Å². The molecule has 2 rings (SSSR count). The highest BCUT2D eigenvalue weighted by Gasteiger charge is 2.39. The van der Waals surface area contributed by atoms with Crippen LogP contribution in [0.2, 0.25) is 0 Å². The number of benzene rings is 1. The van der Waals surface area contributed by atoms with E-state index in [-0.39, 0.29) is 18.8 Å². The molecule has 0 bridgehead atoms. The average molecular weight is 255 g/mol. The maximum absolute atomic E-state index is 13.0. The van der Waals surface area contributed by atoms with Crippen LogP contribution in [0.25, 0.3) is 0 Å². The summed E-state index contributed by atoms with van der Waals surface area (Å²) in [6, 6.07) is 3.73. The molecule has 1 unspecified atom stereocenters. The molecule has 0 aliphatic heterocycles. The van der Waals surface area contributed by atoms with Gasteiger partial charge in [0, 0.05) is 18.5 Å². The Labute approximate surface area is 106 Å². The quantitative estimate of drug-likeness (QED) is 0.836. The number of hydrogen-bond acceptors (Lipinski definition) is 2. The van der Waals surface area contributed by atoms with Gasteiger partial charge < -0.3 is 10.5 Å². The van der Waals surface area contributed by atoms with Crippen LogP contribution >= 0.6 is 0 Å². The minimum Gasteiger partial charge on any atom is -0.493 e. The first-order chi connectivity index (χ1) is 8.37. The monoisotopic (exact) mass is 255 g/mol. The molecular weight excluding hydrogens is 236 g/mol. The van der Waals surface area contributed by atoms with Gasteiger partial charge in [-0.15, -0.1) is 0 Å². The standard InChI is InChI=1S/C14H19F2NO/c1-9-6-13(10(2)5-12(9)17)18-8-11-3-4-14(15,16)7-11/h5-6,11H,3-4,7-8,17H2,1-2H3. The van der Waals surface area contributed by atoms with E-state index in [1.165, 1.54) is 0 Å². The summed E-state index contributed by atoms with van der Waals surface area (Å²) in [5.74, 6) is -1.80. The topological polar surface area (TPSA) is 35.2 Å². The van der Waals surface area contributed by atoms with E-state index in [0.29, 0.717) is 13.0 Å². The van der Waals surface area contributed by atoms with Crippen molar-refractivity contribution in [3.05, 3.63) is 23.3 Å². The molecule has 0 saturated heterocycles. The fourth-order valence-electron chi connectivity index (χ4n) is 2.36. The predicted octanol–water partition coefficient (Wildman–Crippen LogP) is 3.70. The second-order valence-corrected chi connectivity index (χ2v) is 5.25. The van der Waals surface area contributed by atoms with Crippen LogP contribution in [-0.4, -0.2) is 12.5 Å². The number of ether oxygens (including phenoxy) is 1. The largest absolute Gasteiger partial charge is 0.493 e. The first-order valence-electron chi connectivity index (χ1n) is 6.25. The van der Waals surface area contributed by atoms with Crippen molar-refractivity contribution in [2.24, 2.45) is 5.92 Å². The van der Waals surface area contributed by atoms with Crippen LogP contribution < -0.4 is 10.5 Å². The summed E-state index contributed by atoms with van der Waals surface area (Å²) in [6.45, 7) is 4.18. The van der Waals surface area contributed by atoms with E-state index in [1.54, 1.807) is 0 Å². The number of nitrogen functional groups attached to an aromatic ring is 1. The Morgan fingerprint density at radius 2 is 2.06 bits per heavy atom. The molecule has 1 atom stereocenters. The zero-order valence-corrected chi connectivity index (χ0v) is 10.8. The van der Waals surface area contributed by atoms with E-state index < -0.39 is 5.92 Å². The number of anilines is 1. The van der Waals surface area contributed by atoms with Gasteiger partial charge in [0.25, 0.3) is 0 Å². The van der Waals surface area contributed by atoms with Gasteiger partial charge in [0.2, 0.25) is 5.92 Å². The average Bonchev–Trinajstić information content (AvgIpc) is 2.62. The molecule has 2 nitrogen and oxygen atoms in total. The van der Waals surface area contributed by atoms with Crippen LogP contribution in [0, 0.1) is 19.8 Å². The summed E-state index contributed by atoms with van der Waals surface area (Å²) in [5.41, 5.74) is 8.42. The molecular formula is C14H19F2NO. The van der Waals surface area contributed by atoms with Crippen LogP contribution in [0.3, 0.4) is 0 Å². The zero-order chi connectivity index (χ0) is 13.3. The van der Waals surface area contributed by atoms with Crippen molar-refractivity contribution in [2.45, 2.75) is 39.0 Å². The minimum absolute atomic E-state index is 0.0131. The molecule has 0 amide bonds. The van der Waals surface area contributed by atoms with Gasteiger partial charge in [-0.3, -0.25) is 0 Å². The van der Waals surface area contributed by atoms with Gasteiger partial charge in [-0.05, 0) is 49.4 Å². The maximum Gasteiger partial charge on any atom is 0.248 e. The van der Waals surface area contributed by atoms with Crippen LogP contribution in [0.1, 0.15) is 30.4 Å². The molecule has 0 heterocycles. The third-order valence-corrected chi connectivity index (χ3v) is 3.54. The molecule has 0 radical (unpaired) electrons. The number of halogens is 2. The highest BCUT2D eigenvalue weighted by atomic mass is 19.3. The number of alkyl halides is 2. The lowest BCUT2D eigenvalue weighted by Crippen LogP contribution is -2.14. The van der Waals surface area contributed by atoms with Gasteiger partial charge in [0.1, 0.15) is 5.75 Å². The first-order valence-corrected chi connectivity index (χ1v) is 6.25. The molecule has 1 aromatic rings. The Hall–Kier alpha value is -1.32. The Morgan fingerprint density at radius 3 is 2.67 bits per heavy atom. The van der Waals surface area contributed by atoms with E-state index in [4.69, 9.17) is 10.5 Å².